The van der Waals surface area contributed by atoms with Crippen molar-refractivity contribution in [2.75, 3.05) is 13.7 Å². The maximum Gasteiger partial charge on any atom is 0.243 e. The number of rotatable bonds is 6. The van der Waals surface area contributed by atoms with Gasteiger partial charge in [-0.25, -0.2) is 8.42 Å². The Balaban J connectivity index is 1.71. The van der Waals surface area contributed by atoms with Crippen LogP contribution in [0.3, 0.4) is 0 Å². The molecule has 0 spiro atoms. The Morgan fingerprint density at radius 3 is 2.42 bits per heavy atom. The van der Waals surface area contributed by atoms with Crippen molar-refractivity contribution >= 4 is 15.9 Å². The van der Waals surface area contributed by atoms with Gasteiger partial charge in [0.15, 0.2) is 0 Å². The van der Waals surface area contributed by atoms with Gasteiger partial charge in [-0.1, -0.05) is 19.3 Å². The molecule has 1 amide bonds. The summed E-state index contributed by atoms with van der Waals surface area (Å²) >= 11 is 0. The lowest BCUT2D eigenvalue weighted by atomic mass is 10.0. The maximum absolute atomic E-state index is 13.1. The van der Waals surface area contributed by atoms with E-state index in [1.165, 1.54) is 4.31 Å². The summed E-state index contributed by atoms with van der Waals surface area (Å²) < 4.78 is 32.8. The van der Waals surface area contributed by atoms with Crippen LogP contribution >= 0.6 is 0 Å². The molecule has 6 nitrogen and oxygen atoms in total. The zero-order valence-corrected chi connectivity index (χ0v) is 16.1. The molecule has 1 atom stereocenters. The van der Waals surface area contributed by atoms with E-state index in [2.05, 4.69) is 5.32 Å². The number of carbonyl (C=O) groups excluding carboxylic acids is 1. The van der Waals surface area contributed by atoms with Crippen molar-refractivity contribution in [3.63, 3.8) is 0 Å². The average Bonchev–Trinajstić information content (AvgIpc) is 3.15. The number of benzene rings is 1. The minimum atomic E-state index is -3.61. The van der Waals surface area contributed by atoms with Gasteiger partial charge in [-0.2, -0.15) is 4.31 Å². The van der Waals surface area contributed by atoms with Crippen LogP contribution in [0.4, 0.5) is 0 Å². The minimum Gasteiger partial charge on any atom is -0.497 e. The predicted octanol–water partition coefficient (Wildman–Crippen LogP) is 2.69. The first-order valence-corrected chi connectivity index (χ1v) is 10.9. The van der Waals surface area contributed by atoms with Gasteiger partial charge >= 0.3 is 0 Å². The molecular weight excluding hydrogens is 352 g/mol. The van der Waals surface area contributed by atoms with Crippen molar-refractivity contribution in [3.05, 3.63) is 24.3 Å². The summed E-state index contributed by atoms with van der Waals surface area (Å²) in [4.78, 5) is 12.7. The quantitative estimate of drug-likeness (QED) is 0.823. The van der Waals surface area contributed by atoms with Gasteiger partial charge in [-0.3, -0.25) is 4.79 Å². The standard InChI is InChI=1S/C19H28N2O4S/c1-25-17-9-11-18(12-10-17)26(23,24)21-13-5-4-8-16(21)14-19(22)20-15-6-2-3-7-15/h9-12,15-16H,2-8,13-14H2,1H3,(H,20,22). The number of nitrogens with zero attached hydrogens (tertiary/aromatic N) is 1. The Morgan fingerprint density at radius 1 is 1.12 bits per heavy atom. The molecule has 0 radical (unpaired) electrons. The molecule has 1 aliphatic carbocycles. The molecule has 1 heterocycles. The predicted molar refractivity (Wildman–Crippen MR) is 99.5 cm³/mol. The van der Waals surface area contributed by atoms with Crippen LogP contribution in [0.5, 0.6) is 5.75 Å². The molecule has 1 aromatic rings. The molecule has 1 saturated heterocycles. The van der Waals surface area contributed by atoms with Crippen LogP contribution in [0.25, 0.3) is 0 Å². The van der Waals surface area contributed by atoms with E-state index in [-0.39, 0.29) is 29.3 Å². The molecule has 1 aromatic carbocycles. The van der Waals surface area contributed by atoms with E-state index in [1.54, 1.807) is 31.4 Å². The van der Waals surface area contributed by atoms with Crippen LogP contribution in [0.15, 0.2) is 29.2 Å². The maximum atomic E-state index is 13.1. The van der Waals surface area contributed by atoms with Crippen LogP contribution < -0.4 is 10.1 Å². The van der Waals surface area contributed by atoms with Crippen molar-refractivity contribution in [1.82, 2.24) is 9.62 Å². The molecule has 1 unspecified atom stereocenters. The second-order valence-electron chi connectivity index (χ2n) is 7.19. The van der Waals surface area contributed by atoms with Crippen LogP contribution in [-0.4, -0.2) is 44.4 Å². The number of nitrogens with one attached hydrogen (secondary N) is 1. The number of carbonyl (C=O) groups is 1. The highest BCUT2D eigenvalue weighted by Crippen LogP contribution is 2.28. The Hall–Kier alpha value is -1.60. The molecule has 3 rings (SSSR count). The summed E-state index contributed by atoms with van der Waals surface area (Å²) in [7, 11) is -2.06. The molecule has 1 N–H and O–H groups in total. The fraction of sp³-hybridized carbons (Fsp3) is 0.632. The third-order valence-electron chi connectivity index (χ3n) is 5.38. The van der Waals surface area contributed by atoms with E-state index in [1.807, 2.05) is 0 Å². The van der Waals surface area contributed by atoms with Crippen molar-refractivity contribution in [2.24, 2.45) is 0 Å². The van der Waals surface area contributed by atoms with Crippen LogP contribution in [0, 0.1) is 0 Å². The summed E-state index contributed by atoms with van der Waals surface area (Å²) in [6.07, 6.45) is 7.14. The Morgan fingerprint density at radius 2 is 1.77 bits per heavy atom. The Bertz CT molecular complexity index is 712. The first-order valence-electron chi connectivity index (χ1n) is 9.46. The molecule has 7 heteroatoms. The number of hydrogen-bond acceptors (Lipinski definition) is 4. The van der Waals surface area contributed by atoms with Crippen molar-refractivity contribution < 1.29 is 17.9 Å². The smallest absolute Gasteiger partial charge is 0.243 e. The van der Waals surface area contributed by atoms with Gasteiger partial charge in [0.2, 0.25) is 15.9 Å². The lowest BCUT2D eigenvalue weighted by Crippen LogP contribution is -2.46. The fourth-order valence-corrected chi connectivity index (χ4v) is 5.64. The normalized spacial score (nSPS) is 22.3. The number of ether oxygens (including phenoxy) is 1. The lowest BCUT2D eigenvalue weighted by molar-refractivity contribution is -0.122. The number of sulfonamides is 1. The Kier molecular flexibility index (Phi) is 6.19. The van der Waals surface area contributed by atoms with E-state index >= 15 is 0 Å². The van der Waals surface area contributed by atoms with Crippen molar-refractivity contribution in [3.8, 4) is 5.75 Å². The van der Waals surface area contributed by atoms with Crippen LogP contribution in [0.1, 0.15) is 51.4 Å². The zero-order valence-electron chi connectivity index (χ0n) is 15.3. The third-order valence-corrected chi connectivity index (χ3v) is 7.35. The highest BCUT2D eigenvalue weighted by molar-refractivity contribution is 7.89. The van der Waals surface area contributed by atoms with Gasteiger partial charge in [0.25, 0.3) is 0 Å². The van der Waals surface area contributed by atoms with Crippen molar-refractivity contribution in [1.29, 1.82) is 0 Å². The highest BCUT2D eigenvalue weighted by atomic mass is 32.2. The molecule has 2 aliphatic rings. The molecule has 26 heavy (non-hydrogen) atoms. The van der Waals surface area contributed by atoms with E-state index < -0.39 is 10.0 Å². The monoisotopic (exact) mass is 380 g/mol. The summed E-state index contributed by atoms with van der Waals surface area (Å²) in [6, 6.07) is 6.43. The van der Waals surface area contributed by atoms with Gasteiger partial charge in [0, 0.05) is 25.0 Å². The minimum absolute atomic E-state index is 0.0290. The van der Waals surface area contributed by atoms with Crippen LogP contribution in [-0.2, 0) is 14.8 Å². The summed E-state index contributed by atoms with van der Waals surface area (Å²) in [5, 5.41) is 3.08. The summed E-state index contributed by atoms with van der Waals surface area (Å²) in [6.45, 7) is 0.468. The fourth-order valence-electron chi connectivity index (χ4n) is 3.95. The van der Waals surface area contributed by atoms with Gasteiger partial charge in [-0.05, 0) is 49.9 Å². The van der Waals surface area contributed by atoms with Crippen molar-refractivity contribution in [2.45, 2.75) is 68.3 Å². The molecule has 0 bridgehead atoms. The molecule has 0 aromatic heterocycles. The van der Waals surface area contributed by atoms with Gasteiger partial charge < -0.3 is 10.1 Å². The third kappa shape index (κ3) is 4.38. The highest BCUT2D eigenvalue weighted by Gasteiger charge is 2.35. The molecule has 1 saturated carbocycles. The number of piperidine rings is 1. The largest absolute Gasteiger partial charge is 0.497 e. The zero-order chi connectivity index (χ0) is 18.6. The van der Waals surface area contributed by atoms with E-state index in [4.69, 9.17) is 4.74 Å². The van der Waals surface area contributed by atoms with Crippen LogP contribution in [0.2, 0.25) is 0 Å². The van der Waals surface area contributed by atoms with E-state index in [0.29, 0.717) is 12.3 Å². The molecular formula is C19H28N2O4S. The first-order chi connectivity index (χ1) is 12.5. The van der Waals surface area contributed by atoms with E-state index in [9.17, 15) is 13.2 Å². The van der Waals surface area contributed by atoms with E-state index in [0.717, 1.165) is 44.9 Å². The number of methoxy groups -OCH3 is 1. The topological polar surface area (TPSA) is 75.7 Å². The van der Waals surface area contributed by atoms with Gasteiger partial charge in [0.05, 0.1) is 12.0 Å². The van der Waals surface area contributed by atoms with Gasteiger partial charge in [0.1, 0.15) is 5.75 Å². The summed E-state index contributed by atoms with van der Waals surface area (Å²) in [5.41, 5.74) is 0. The molecule has 2 fully saturated rings. The lowest BCUT2D eigenvalue weighted by Gasteiger charge is -2.34. The van der Waals surface area contributed by atoms with Gasteiger partial charge in [-0.15, -0.1) is 0 Å². The Labute approximate surface area is 156 Å². The summed E-state index contributed by atoms with van der Waals surface area (Å²) in [5.74, 6) is 0.591. The SMILES string of the molecule is COc1ccc(S(=O)(=O)N2CCCCC2CC(=O)NC2CCCC2)cc1. The molecule has 144 valence electrons. The number of amides is 1. The first kappa shape index (κ1) is 19.2. The second kappa shape index (κ2) is 8.39. The average molecular weight is 381 g/mol. The molecule has 1 aliphatic heterocycles. The second-order valence-corrected chi connectivity index (χ2v) is 9.08. The number of hydrogen-bond donors (Lipinski definition) is 1.